The molecule has 0 fully saturated rings. The number of aromatic nitrogens is 4. The van der Waals surface area contributed by atoms with Gasteiger partial charge in [-0.3, -0.25) is 0 Å². The van der Waals surface area contributed by atoms with Gasteiger partial charge in [0.15, 0.2) is 11.5 Å². The molecule has 0 spiro atoms. The first-order valence-corrected chi connectivity index (χ1v) is 20.6. The Kier molecular flexibility index (Phi) is 9.07. The maximum absolute atomic E-state index is 13.1. The van der Waals surface area contributed by atoms with Crippen LogP contribution in [0.25, 0.3) is 77.8 Å². The monoisotopic (exact) mass is 787 g/mol. The Hall–Kier alpha value is -7.99. The van der Waals surface area contributed by atoms with Crippen LogP contribution >= 0.6 is 0 Å². The second-order valence-corrected chi connectivity index (χ2v) is 15.4. The van der Waals surface area contributed by atoms with E-state index in [-0.39, 0.29) is 5.92 Å². The van der Waals surface area contributed by atoms with Gasteiger partial charge in [0, 0.05) is 38.9 Å². The van der Waals surface area contributed by atoms with Crippen LogP contribution in [0.3, 0.4) is 0 Å². The highest BCUT2D eigenvalue weighted by molar-refractivity contribution is 6.14. The highest BCUT2D eigenvalue weighted by atomic mass is 16.3. The second kappa shape index (κ2) is 15.3. The van der Waals surface area contributed by atoms with E-state index < -0.39 is 5.69 Å². The summed E-state index contributed by atoms with van der Waals surface area (Å²) in [6.45, 7) is 0. The first-order valence-electron chi connectivity index (χ1n) is 20.6. The quantitative estimate of drug-likeness (QED) is 0.124. The summed E-state index contributed by atoms with van der Waals surface area (Å²) in [7, 11) is 0. The van der Waals surface area contributed by atoms with Crippen molar-refractivity contribution in [1.82, 2.24) is 19.4 Å². The van der Waals surface area contributed by atoms with Crippen molar-refractivity contribution in [3.05, 3.63) is 215 Å². The van der Waals surface area contributed by atoms with Crippen LogP contribution in [0.1, 0.15) is 41.9 Å². The van der Waals surface area contributed by atoms with Crippen molar-refractivity contribution in [3.8, 4) is 33.6 Å². The molecule has 0 aliphatic carbocycles. The molecule has 7 heteroatoms. The maximum atomic E-state index is 13.1. The molecule has 3 aromatic heterocycles. The number of allylic oxidation sites excluding steroid dienone is 1. The van der Waals surface area contributed by atoms with Gasteiger partial charge in [-0.1, -0.05) is 139 Å². The van der Waals surface area contributed by atoms with Crippen molar-refractivity contribution >= 4 is 49.9 Å². The fraction of sp³-hybridized carbons (Fsp3) is 0.0741. The third kappa shape index (κ3) is 6.83. The zero-order valence-electron chi connectivity index (χ0n) is 33.1. The van der Waals surface area contributed by atoms with Gasteiger partial charge in [-0.2, -0.15) is 4.98 Å². The van der Waals surface area contributed by atoms with Crippen LogP contribution < -0.4 is 5.69 Å². The number of rotatable bonds is 6. The summed E-state index contributed by atoms with van der Waals surface area (Å²) in [5.74, 6) is 0.649. The van der Waals surface area contributed by atoms with Crippen LogP contribution in [0.15, 0.2) is 202 Å². The number of fused-ring (bicyclic) bond motifs is 6. The molecule has 1 aliphatic rings. The number of hydrogen-bond donors (Lipinski definition) is 0. The highest BCUT2D eigenvalue weighted by Gasteiger charge is 2.18. The van der Waals surface area contributed by atoms with Crippen LogP contribution in [-0.4, -0.2) is 25.1 Å². The van der Waals surface area contributed by atoms with E-state index in [0.717, 1.165) is 102 Å². The molecular formula is C54H37N5O2. The summed E-state index contributed by atoms with van der Waals surface area (Å²) in [4.78, 5) is 32.2. The van der Waals surface area contributed by atoms with E-state index in [4.69, 9.17) is 14.4 Å². The molecule has 0 saturated carbocycles. The zero-order valence-corrected chi connectivity index (χ0v) is 33.1. The molecule has 0 bridgehead atoms. The largest absolute Gasteiger partial charge is 0.456 e. The average molecular weight is 788 g/mol. The zero-order chi connectivity index (χ0) is 40.7. The lowest BCUT2D eigenvalue weighted by atomic mass is 9.92. The minimum Gasteiger partial charge on any atom is -0.456 e. The van der Waals surface area contributed by atoms with E-state index in [9.17, 15) is 4.79 Å². The fourth-order valence-electron chi connectivity index (χ4n) is 8.56. The van der Waals surface area contributed by atoms with Crippen LogP contribution in [0.5, 0.6) is 0 Å². The average Bonchev–Trinajstić information content (AvgIpc) is 3.75. The summed E-state index contributed by atoms with van der Waals surface area (Å²) in [5.41, 5.74) is 16.4. The number of nitrogens with zero attached hydrogens (tertiary/aromatic N) is 5. The molecular weight excluding hydrogens is 751 g/mol. The van der Waals surface area contributed by atoms with Crippen molar-refractivity contribution < 1.29 is 4.42 Å². The molecule has 1 aliphatic heterocycles. The lowest BCUT2D eigenvalue weighted by Crippen LogP contribution is -2.19. The fourth-order valence-corrected chi connectivity index (χ4v) is 8.56. The molecule has 1 unspecified atom stereocenters. The molecule has 0 saturated heterocycles. The van der Waals surface area contributed by atoms with Crippen LogP contribution in [0, 0.1) is 0 Å². The van der Waals surface area contributed by atoms with Gasteiger partial charge in [-0.15, -0.1) is 0 Å². The first-order chi connectivity index (χ1) is 30.1. The lowest BCUT2D eigenvalue weighted by Gasteiger charge is -2.13. The van der Waals surface area contributed by atoms with Gasteiger partial charge < -0.3 is 4.42 Å². The smallest absolute Gasteiger partial charge is 0.356 e. The molecule has 11 rings (SSSR count). The van der Waals surface area contributed by atoms with E-state index in [1.54, 1.807) is 0 Å². The third-order valence-electron chi connectivity index (χ3n) is 11.6. The van der Waals surface area contributed by atoms with E-state index in [2.05, 4.69) is 137 Å². The maximum Gasteiger partial charge on any atom is 0.356 e. The molecule has 1 atom stereocenters. The Morgan fingerprint density at radius 3 is 2.16 bits per heavy atom. The molecule has 0 N–H and O–H groups in total. The van der Waals surface area contributed by atoms with E-state index in [0.29, 0.717) is 11.5 Å². The van der Waals surface area contributed by atoms with E-state index in [1.807, 2.05) is 54.6 Å². The van der Waals surface area contributed by atoms with E-state index >= 15 is 0 Å². The van der Waals surface area contributed by atoms with Gasteiger partial charge in [0.05, 0.1) is 5.52 Å². The van der Waals surface area contributed by atoms with Crippen molar-refractivity contribution in [1.29, 1.82) is 0 Å². The van der Waals surface area contributed by atoms with Gasteiger partial charge in [0.25, 0.3) is 0 Å². The van der Waals surface area contributed by atoms with Gasteiger partial charge in [-0.05, 0) is 95.1 Å². The Balaban J connectivity index is 0.980. The summed E-state index contributed by atoms with van der Waals surface area (Å²) >= 11 is 0. The van der Waals surface area contributed by atoms with Crippen molar-refractivity contribution in [2.75, 3.05) is 0 Å². The number of benzene rings is 7. The minimum absolute atomic E-state index is 0.265. The molecule has 10 aromatic rings. The van der Waals surface area contributed by atoms with Gasteiger partial charge in [0.2, 0.25) is 0 Å². The standard InChI is InChI=1S/C54H37N5O2/c60-54-58-52(38-17-8-3-9-18-38)57-53-44-28-25-41(33-48(44)55-34-59(53)54)43-22-12-24-50-51(43)45-32-40(27-30-49(45)61-50)39-20-10-21-42(31-39)46-23-11-19-36(35-13-4-1-5-14-35)26-29-47(56-46)37-15-6-2-7-16-37/h1-10,12-18,20-22,24-28,30-34,36H,11,19,23H2. The van der Waals surface area contributed by atoms with Gasteiger partial charge in [-0.25, -0.2) is 24.2 Å². The number of hydrogen-bond acceptors (Lipinski definition) is 6. The van der Waals surface area contributed by atoms with Crippen LogP contribution in [-0.2, 0) is 0 Å². The predicted molar refractivity (Wildman–Crippen MR) is 246 cm³/mol. The Bertz CT molecular complexity index is 3460. The Morgan fingerprint density at radius 2 is 1.33 bits per heavy atom. The predicted octanol–water partition coefficient (Wildman–Crippen LogP) is 12.5. The molecule has 0 radical (unpaired) electrons. The topological polar surface area (TPSA) is 85.6 Å². The second-order valence-electron chi connectivity index (χ2n) is 15.4. The summed E-state index contributed by atoms with van der Waals surface area (Å²) in [5, 5.41) is 2.81. The normalized spacial score (nSPS) is 14.5. The van der Waals surface area contributed by atoms with Crippen LogP contribution in [0.2, 0.25) is 0 Å². The molecule has 7 aromatic carbocycles. The minimum atomic E-state index is -0.422. The van der Waals surface area contributed by atoms with E-state index in [1.165, 1.54) is 16.3 Å². The molecule has 4 heterocycles. The van der Waals surface area contributed by atoms with Crippen molar-refractivity contribution in [2.24, 2.45) is 4.99 Å². The molecule has 290 valence electrons. The first kappa shape index (κ1) is 36.1. The molecule has 0 amide bonds. The summed E-state index contributed by atoms with van der Waals surface area (Å²) in [6, 6.07) is 58.1. The Labute approximate surface area is 351 Å². The summed E-state index contributed by atoms with van der Waals surface area (Å²) in [6.07, 6.45) is 6.57. The van der Waals surface area contributed by atoms with Gasteiger partial charge >= 0.3 is 5.69 Å². The number of aliphatic imine (C=N–C) groups is 1. The lowest BCUT2D eigenvalue weighted by molar-refractivity contribution is 0.669. The molecule has 61 heavy (non-hydrogen) atoms. The van der Waals surface area contributed by atoms with Crippen molar-refractivity contribution in [3.63, 3.8) is 0 Å². The number of furan rings is 1. The third-order valence-corrected chi connectivity index (χ3v) is 11.6. The van der Waals surface area contributed by atoms with Crippen LogP contribution in [0.4, 0.5) is 0 Å². The van der Waals surface area contributed by atoms with Gasteiger partial charge in [0.1, 0.15) is 23.2 Å². The Morgan fingerprint density at radius 1 is 0.607 bits per heavy atom. The molecule has 7 nitrogen and oxygen atoms in total. The summed E-state index contributed by atoms with van der Waals surface area (Å²) < 4.78 is 7.87. The van der Waals surface area contributed by atoms with Crippen molar-refractivity contribution in [2.45, 2.75) is 25.2 Å². The highest BCUT2D eigenvalue weighted by Crippen LogP contribution is 2.39. The SMILES string of the molecule is O=c1nc(-c2ccccc2)nc2c3ccc(-c4cccc5oc6ccc(-c7cccc(C8=NC(c9ccccc9)=C=CC(c9ccccc9)CCC8)c7)cc6c45)cc3ncn12.